The summed E-state index contributed by atoms with van der Waals surface area (Å²) in [6.07, 6.45) is -4.50. The molecule has 1 rings (SSSR count). The van der Waals surface area contributed by atoms with Gasteiger partial charge in [-0.2, -0.15) is 13.2 Å². The van der Waals surface area contributed by atoms with Crippen molar-refractivity contribution in [3.8, 4) is 0 Å². The fourth-order valence-electron chi connectivity index (χ4n) is 1.47. The lowest BCUT2D eigenvalue weighted by Gasteiger charge is -2.17. The van der Waals surface area contributed by atoms with Gasteiger partial charge in [-0.15, -0.1) is 11.6 Å². The molecule has 0 amide bonds. The van der Waals surface area contributed by atoms with Crippen LogP contribution in [0.15, 0.2) is 18.2 Å². The monoisotopic (exact) mass is 250 g/mol. The van der Waals surface area contributed by atoms with Crippen LogP contribution in [0, 0.1) is 6.92 Å². The second-order valence-electron chi connectivity index (χ2n) is 3.51. The number of hydrogen-bond acceptors (Lipinski definition) is 1. The van der Waals surface area contributed by atoms with E-state index >= 15 is 0 Å². The van der Waals surface area contributed by atoms with E-state index in [-0.39, 0.29) is 5.56 Å². The number of benzene rings is 1. The van der Waals surface area contributed by atoms with E-state index in [4.69, 9.17) is 11.6 Å². The van der Waals surface area contributed by atoms with Gasteiger partial charge in [0.2, 0.25) is 0 Å². The number of alkyl halides is 4. The van der Waals surface area contributed by atoms with E-state index in [0.29, 0.717) is 5.56 Å². The molecular formula is C11H10ClF3O. The van der Waals surface area contributed by atoms with Gasteiger partial charge >= 0.3 is 6.18 Å². The zero-order valence-corrected chi connectivity index (χ0v) is 9.49. The highest BCUT2D eigenvalue weighted by Crippen LogP contribution is 2.38. The lowest BCUT2D eigenvalue weighted by molar-refractivity contribution is -0.138. The molecule has 1 nitrogen and oxygen atoms in total. The van der Waals surface area contributed by atoms with Gasteiger partial charge in [0, 0.05) is 0 Å². The van der Waals surface area contributed by atoms with Gasteiger partial charge in [0.25, 0.3) is 0 Å². The van der Waals surface area contributed by atoms with Crippen LogP contribution >= 0.6 is 11.6 Å². The largest absolute Gasteiger partial charge is 0.416 e. The van der Waals surface area contributed by atoms with Crippen molar-refractivity contribution in [2.75, 3.05) is 0 Å². The van der Waals surface area contributed by atoms with Crippen LogP contribution in [-0.4, -0.2) is 5.78 Å². The summed E-state index contributed by atoms with van der Waals surface area (Å²) in [5.41, 5.74) is -0.628. The molecule has 5 heteroatoms. The first kappa shape index (κ1) is 13.0. The van der Waals surface area contributed by atoms with Crippen LogP contribution in [0.2, 0.25) is 0 Å². The molecular weight excluding hydrogens is 241 g/mol. The summed E-state index contributed by atoms with van der Waals surface area (Å²) >= 11 is 5.71. The normalized spacial score (nSPS) is 13.6. The molecule has 1 atom stereocenters. The minimum Gasteiger partial charge on any atom is -0.298 e. The predicted molar refractivity (Wildman–Crippen MR) is 55.5 cm³/mol. The molecule has 16 heavy (non-hydrogen) atoms. The van der Waals surface area contributed by atoms with Crippen LogP contribution in [0.25, 0.3) is 0 Å². The van der Waals surface area contributed by atoms with Crippen molar-refractivity contribution in [3.05, 3.63) is 34.9 Å². The van der Waals surface area contributed by atoms with Crippen LogP contribution in [0.3, 0.4) is 0 Å². The van der Waals surface area contributed by atoms with Crippen LogP contribution < -0.4 is 0 Å². The molecule has 1 aromatic rings. The van der Waals surface area contributed by atoms with Gasteiger partial charge in [-0.1, -0.05) is 12.1 Å². The first-order valence-electron chi connectivity index (χ1n) is 4.56. The van der Waals surface area contributed by atoms with Crippen LogP contribution in [0.5, 0.6) is 0 Å². The molecule has 0 aliphatic rings. The number of carbonyl (C=O) groups excluding carboxylic acids is 1. The van der Waals surface area contributed by atoms with Gasteiger partial charge in [-0.05, 0) is 31.0 Å². The lowest BCUT2D eigenvalue weighted by atomic mass is 9.97. The average molecular weight is 251 g/mol. The van der Waals surface area contributed by atoms with Crippen LogP contribution in [0.1, 0.15) is 29.0 Å². The number of carbonyl (C=O) groups is 1. The summed E-state index contributed by atoms with van der Waals surface area (Å²) in [5.74, 6) is -0.499. The molecule has 0 saturated carbocycles. The number of Topliss-reactive ketones (excluding diaryl/α,β-unsaturated/α-hetero) is 1. The molecule has 1 aromatic carbocycles. The van der Waals surface area contributed by atoms with Gasteiger partial charge in [-0.3, -0.25) is 4.79 Å². The third kappa shape index (κ3) is 2.55. The summed E-state index contributed by atoms with van der Waals surface area (Å²) in [4.78, 5) is 11.1. The number of rotatable bonds is 2. The number of ketones is 1. The van der Waals surface area contributed by atoms with E-state index in [0.717, 1.165) is 6.07 Å². The molecule has 0 heterocycles. The van der Waals surface area contributed by atoms with Crippen molar-refractivity contribution in [1.29, 1.82) is 0 Å². The topological polar surface area (TPSA) is 17.1 Å². The van der Waals surface area contributed by atoms with Crippen molar-refractivity contribution < 1.29 is 18.0 Å². The molecule has 0 aliphatic carbocycles. The molecule has 0 radical (unpaired) electrons. The highest BCUT2D eigenvalue weighted by atomic mass is 35.5. The zero-order chi connectivity index (χ0) is 12.5. The maximum absolute atomic E-state index is 12.7. The molecule has 0 bridgehead atoms. The van der Waals surface area contributed by atoms with Crippen molar-refractivity contribution in [2.24, 2.45) is 0 Å². The molecule has 0 spiro atoms. The van der Waals surface area contributed by atoms with Crippen LogP contribution in [0.4, 0.5) is 13.2 Å². The van der Waals surface area contributed by atoms with Gasteiger partial charge in [0.1, 0.15) is 5.38 Å². The molecule has 0 aromatic heterocycles. The van der Waals surface area contributed by atoms with Gasteiger partial charge in [-0.25, -0.2) is 0 Å². The maximum Gasteiger partial charge on any atom is 0.416 e. The fraction of sp³-hybridized carbons (Fsp3) is 0.364. The van der Waals surface area contributed by atoms with Gasteiger partial charge < -0.3 is 0 Å². The molecule has 0 N–H and O–H groups in total. The molecule has 0 fully saturated rings. The van der Waals surface area contributed by atoms with E-state index in [1.165, 1.54) is 26.0 Å². The Balaban J connectivity index is 3.41. The Morgan fingerprint density at radius 2 is 1.94 bits per heavy atom. The number of hydrogen-bond donors (Lipinski definition) is 0. The number of halogens is 4. The van der Waals surface area contributed by atoms with Crippen molar-refractivity contribution in [2.45, 2.75) is 25.4 Å². The first-order valence-corrected chi connectivity index (χ1v) is 5.00. The fourth-order valence-corrected chi connectivity index (χ4v) is 1.76. The maximum atomic E-state index is 12.7. The lowest BCUT2D eigenvalue weighted by Crippen LogP contribution is -2.14. The van der Waals surface area contributed by atoms with Crippen molar-refractivity contribution in [3.63, 3.8) is 0 Å². The quantitative estimate of drug-likeness (QED) is 0.728. The molecule has 0 saturated heterocycles. The van der Waals surface area contributed by atoms with Crippen molar-refractivity contribution in [1.82, 2.24) is 0 Å². The highest BCUT2D eigenvalue weighted by Gasteiger charge is 2.36. The standard InChI is InChI=1S/C11H10ClF3O/c1-6-4-3-5-8(11(13,14)15)9(6)10(12)7(2)16/h3-5,10H,1-2H3. The molecule has 1 unspecified atom stereocenters. The third-order valence-electron chi connectivity index (χ3n) is 2.24. The molecule has 88 valence electrons. The highest BCUT2D eigenvalue weighted by molar-refractivity contribution is 6.31. The second kappa shape index (κ2) is 4.45. The Morgan fingerprint density at radius 1 is 1.38 bits per heavy atom. The Labute approximate surface area is 96.2 Å². The SMILES string of the molecule is CC(=O)C(Cl)c1c(C)cccc1C(F)(F)F. The van der Waals surface area contributed by atoms with E-state index < -0.39 is 22.9 Å². The Bertz CT molecular complexity index is 412. The summed E-state index contributed by atoms with van der Waals surface area (Å²) in [7, 11) is 0. The smallest absolute Gasteiger partial charge is 0.298 e. The minimum atomic E-state index is -4.50. The Hall–Kier alpha value is -1.03. The Kier molecular flexibility index (Phi) is 3.63. The minimum absolute atomic E-state index is 0.149. The summed E-state index contributed by atoms with van der Waals surface area (Å²) in [6.45, 7) is 2.67. The summed E-state index contributed by atoms with van der Waals surface area (Å²) in [6, 6.07) is 3.73. The van der Waals surface area contributed by atoms with Crippen LogP contribution in [-0.2, 0) is 11.0 Å². The second-order valence-corrected chi connectivity index (χ2v) is 3.94. The predicted octanol–water partition coefficient (Wildman–Crippen LogP) is 3.88. The van der Waals surface area contributed by atoms with E-state index in [1.807, 2.05) is 0 Å². The van der Waals surface area contributed by atoms with Gasteiger partial charge in [0.05, 0.1) is 5.56 Å². The molecule has 0 aliphatic heterocycles. The van der Waals surface area contributed by atoms with E-state index in [2.05, 4.69) is 0 Å². The van der Waals surface area contributed by atoms with Crippen molar-refractivity contribution >= 4 is 17.4 Å². The third-order valence-corrected chi connectivity index (χ3v) is 2.77. The van der Waals surface area contributed by atoms with Gasteiger partial charge in [0.15, 0.2) is 5.78 Å². The zero-order valence-electron chi connectivity index (χ0n) is 8.73. The summed E-state index contributed by atoms with van der Waals surface area (Å²) in [5, 5.41) is -1.25. The first-order chi connectivity index (χ1) is 7.25. The average Bonchev–Trinajstić information content (AvgIpc) is 2.14. The Morgan fingerprint density at radius 3 is 2.38 bits per heavy atom. The van der Waals surface area contributed by atoms with E-state index in [1.54, 1.807) is 0 Å². The number of aryl methyl sites for hydroxylation is 1. The summed E-state index contributed by atoms with van der Waals surface area (Å²) < 4.78 is 38.0. The van der Waals surface area contributed by atoms with E-state index in [9.17, 15) is 18.0 Å².